The van der Waals surface area contributed by atoms with E-state index in [0.29, 0.717) is 11.4 Å². The topological polar surface area (TPSA) is 108 Å². The Labute approximate surface area is 84.9 Å². The molecule has 0 unspecified atom stereocenters. The predicted octanol–water partition coefficient (Wildman–Crippen LogP) is 0.418. The van der Waals surface area contributed by atoms with Crippen molar-refractivity contribution in [1.29, 1.82) is 0 Å². The third-order valence-electron chi connectivity index (χ3n) is 1.78. The van der Waals surface area contributed by atoms with E-state index in [1.54, 1.807) is 12.1 Å². The first-order valence-electron chi connectivity index (χ1n) is 4.14. The molecule has 0 aromatic carbocycles. The summed E-state index contributed by atoms with van der Waals surface area (Å²) in [6.07, 6.45) is 2.73. The molecule has 0 aliphatic heterocycles. The molecule has 1 amide bonds. The second-order valence-corrected chi connectivity index (χ2v) is 2.87. The summed E-state index contributed by atoms with van der Waals surface area (Å²) < 4.78 is 5.07. The number of carbonyl (C=O) groups is 1. The fraction of sp³-hybridized carbons (Fsp3) is 0. The molecule has 76 valence electrons. The predicted molar refractivity (Wildman–Crippen MR) is 52.7 cm³/mol. The normalized spacial score (nSPS) is 10.1. The van der Waals surface area contributed by atoms with E-state index < -0.39 is 5.91 Å². The number of pyridine rings is 1. The van der Waals surface area contributed by atoms with Gasteiger partial charge in [-0.25, -0.2) is 9.97 Å². The van der Waals surface area contributed by atoms with Gasteiger partial charge in [-0.05, 0) is 12.1 Å². The van der Waals surface area contributed by atoms with Gasteiger partial charge in [-0.2, -0.15) is 0 Å². The highest BCUT2D eigenvalue weighted by Gasteiger charge is 2.10. The summed E-state index contributed by atoms with van der Waals surface area (Å²) in [5.74, 6) is 0.0104. The van der Waals surface area contributed by atoms with E-state index in [0.717, 1.165) is 0 Å². The summed E-state index contributed by atoms with van der Waals surface area (Å²) in [7, 11) is 0. The lowest BCUT2D eigenvalue weighted by Gasteiger charge is -1.95. The lowest BCUT2D eigenvalue weighted by molar-refractivity contribution is 0.0995. The van der Waals surface area contributed by atoms with Gasteiger partial charge in [0.1, 0.15) is 12.1 Å². The lowest BCUT2D eigenvalue weighted by atomic mass is 10.2. The monoisotopic (exact) mass is 204 g/mol. The van der Waals surface area contributed by atoms with Crippen molar-refractivity contribution >= 4 is 11.7 Å². The molecule has 0 aliphatic rings. The van der Waals surface area contributed by atoms with Gasteiger partial charge < -0.3 is 15.9 Å². The third-order valence-corrected chi connectivity index (χ3v) is 1.78. The fourth-order valence-electron chi connectivity index (χ4n) is 1.10. The number of aromatic nitrogens is 2. The summed E-state index contributed by atoms with van der Waals surface area (Å²) in [6.45, 7) is 0. The number of nitrogens with zero attached hydrogens (tertiary/aromatic N) is 2. The number of anilines is 1. The Bertz CT molecular complexity index is 506. The second kappa shape index (κ2) is 3.41. The molecule has 2 rings (SSSR count). The van der Waals surface area contributed by atoms with Crippen molar-refractivity contribution in [3.8, 4) is 11.5 Å². The number of nitrogen functional groups attached to an aromatic ring is 1. The number of oxazole rings is 1. The van der Waals surface area contributed by atoms with Crippen molar-refractivity contribution < 1.29 is 9.21 Å². The quantitative estimate of drug-likeness (QED) is 0.736. The highest BCUT2D eigenvalue weighted by atomic mass is 16.3. The Morgan fingerprint density at radius 2 is 2.27 bits per heavy atom. The van der Waals surface area contributed by atoms with Gasteiger partial charge in [-0.1, -0.05) is 0 Å². The number of carbonyl (C=O) groups excluding carboxylic acids is 1. The molecule has 0 radical (unpaired) electrons. The van der Waals surface area contributed by atoms with Gasteiger partial charge in [0, 0.05) is 11.8 Å². The molecule has 15 heavy (non-hydrogen) atoms. The first kappa shape index (κ1) is 9.20. The Kier molecular flexibility index (Phi) is 2.09. The van der Waals surface area contributed by atoms with E-state index in [-0.39, 0.29) is 11.6 Å². The van der Waals surface area contributed by atoms with Crippen molar-refractivity contribution in [2.45, 2.75) is 0 Å². The molecule has 0 saturated carbocycles. The molecule has 4 N–H and O–H groups in total. The van der Waals surface area contributed by atoms with Crippen LogP contribution in [-0.4, -0.2) is 15.9 Å². The summed E-state index contributed by atoms with van der Waals surface area (Å²) in [5.41, 5.74) is 11.3. The lowest BCUT2D eigenvalue weighted by Crippen LogP contribution is -2.10. The number of amides is 1. The van der Waals surface area contributed by atoms with Crippen LogP contribution in [0.3, 0.4) is 0 Å². The van der Waals surface area contributed by atoms with E-state index in [1.165, 1.54) is 12.5 Å². The molecular formula is C9H8N4O2. The zero-order valence-electron chi connectivity index (χ0n) is 7.68. The summed E-state index contributed by atoms with van der Waals surface area (Å²) >= 11 is 0. The van der Waals surface area contributed by atoms with E-state index in [1.807, 2.05) is 0 Å². The van der Waals surface area contributed by atoms with Crippen LogP contribution in [0.4, 0.5) is 5.82 Å². The van der Waals surface area contributed by atoms with Crippen LogP contribution < -0.4 is 11.5 Å². The number of rotatable bonds is 2. The van der Waals surface area contributed by atoms with Gasteiger partial charge in [0.25, 0.3) is 5.91 Å². The van der Waals surface area contributed by atoms with Crippen LogP contribution in [0.25, 0.3) is 11.5 Å². The average Bonchev–Trinajstić information content (AvgIpc) is 2.66. The maximum absolute atomic E-state index is 10.8. The molecule has 6 heteroatoms. The Morgan fingerprint density at radius 1 is 1.47 bits per heavy atom. The van der Waals surface area contributed by atoms with Crippen LogP contribution in [-0.2, 0) is 0 Å². The molecule has 0 atom stereocenters. The standard InChI is InChI=1S/C9H8N4O2/c10-7-3-5(1-2-12-7)9-13-6(4-15-9)8(11)14/h1-4H,(H2,10,12)(H2,11,14). The third kappa shape index (κ3) is 1.78. The zero-order chi connectivity index (χ0) is 10.8. The molecule has 6 nitrogen and oxygen atoms in total. The molecule has 0 spiro atoms. The van der Waals surface area contributed by atoms with Crippen LogP contribution in [0.2, 0.25) is 0 Å². The first-order valence-corrected chi connectivity index (χ1v) is 4.14. The molecule has 2 aromatic heterocycles. The Hall–Kier alpha value is -2.37. The molecule has 2 aromatic rings. The number of hydrogen-bond donors (Lipinski definition) is 2. The van der Waals surface area contributed by atoms with Crippen molar-refractivity contribution in [2.75, 3.05) is 5.73 Å². The highest BCUT2D eigenvalue weighted by molar-refractivity contribution is 5.90. The van der Waals surface area contributed by atoms with Crippen LogP contribution in [0.5, 0.6) is 0 Å². The van der Waals surface area contributed by atoms with Gasteiger partial charge in [-0.15, -0.1) is 0 Å². The number of primary amides is 1. The molecule has 2 heterocycles. The van der Waals surface area contributed by atoms with Crippen LogP contribution in [0.1, 0.15) is 10.5 Å². The van der Waals surface area contributed by atoms with Gasteiger partial charge >= 0.3 is 0 Å². The van der Waals surface area contributed by atoms with Gasteiger partial charge in [0.15, 0.2) is 5.69 Å². The summed E-state index contributed by atoms with van der Waals surface area (Å²) in [5, 5.41) is 0. The second-order valence-electron chi connectivity index (χ2n) is 2.87. The van der Waals surface area contributed by atoms with Gasteiger partial charge in [0.05, 0.1) is 0 Å². The van der Waals surface area contributed by atoms with Crippen molar-refractivity contribution in [3.05, 3.63) is 30.3 Å². The molecule has 0 bridgehead atoms. The first-order chi connectivity index (χ1) is 7.16. The molecule has 0 saturated heterocycles. The van der Waals surface area contributed by atoms with Gasteiger partial charge in [-0.3, -0.25) is 4.79 Å². The maximum Gasteiger partial charge on any atom is 0.270 e. The van der Waals surface area contributed by atoms with Crippen LogP contribution >= 0.6 is 0 Å². The van der Waals surface area contributed by atoms with Crippen molar-refractivity contribution in [3.63, 3.8) is 0 Å². The van der Waals surface area contributed by atoms with Crippen LogP contribution in [0, 0.1) is 0 Å². The van der Waals surface area contributed by atoms with Crippen LogP contribution in [0.15, 0.2) is 29.0 Å². The fourth-order valence-corrected chi connectivity index (χ4v) is 1.10. The van der Waals surface area contributed by atoms with E-state index in [9.17, 15) is 4.79 Å². The van der Waals surface area contributed by atoms with E-state index in [2.05, 4.69) is 9.97 Å². The minimum atomic E-state index is -0.632. The SMILES string of the molecule is NC(=O)c1coc(-c2ccnc(N)c2)n1. The summed E-state index contributed by atoms with van der Waals surface area (Å²) in [4.78, 5) is 18.5. The van der Waals surface area contributed by atoms with Crippen molar-refractivity contribution in [1.82, 2.24) is 9.97 Å². The molecule has 0 fully saturated rings. The number of nitrogens with two attached hydrogens (primary N) is 2. The summed E-state index contributed by atoms with van der Waals surface area (Å²) in [6, 6.07) is 3.27. The average molecular weight is 204 g/mol. The zero-order valence-corrected chi connectivity index (χ0v) is 7.68. The molecule has 0 aliphatic carbocycles. The highest BCUT2D eigenvalue weighted by Crippen LogP contribution is 2.19. The largest absolute Gasteiger partial charge is 0.444 e. The smallest absolute Gasteiger partial charge is 0.270 e. The number of hydrogen-bond acceptors (Lipinski definition) is 5. The maximum atomic E-state index is 10.8. The van der Waals surface area contributed by atoms with E-state index >= 15 is 0 Å². The molecular weight excluding hydrogens is 196 g/mol. The van der Waals surface area contributed by atoms with Gasteiger partial charge in [0.2, 0.25) is 5.89 Å². The minimum absolute atomic E-state index is 0.0837. The van der Waals surface area contributed by atoms with E-state index in [4.69, 9.17) is 15.9 Å². The Balaban J connectivity index is 2.41. The Morgan fingerprint density at radius 3 is 2.87 bits per heavy atom. The van der Waals surface area contributed by atoms with Crippen molar-refractivity contribution in [2.24, 2.45) is 5.73 Å². The minimum Gasteiger partial charge on any atom is -0.444 e.